The Bertz CT molecular complexity index is 1360. The number of hydrogen-bond donors (Lipinski definition) is 1. The van der Waals surface area contributed by atoms with Crippen LogP contribution >= 0.6 is 0 Å². The van der Waals surface area contributed by atoms with Gasteiger partial charge in [0.2, 0.25) is 5.95 Å². The first kappa shape index (κ1) is 22.0. The number of halogens is 1. The Morgan fingerprint density at radius 3 is 2.33 bits per heavy atom. The van der Waals surface area contributed by atoms with Crippen LogP contribution < -0.4 is 21.4 Å². The van der Waals surface area contributed by atoms with E-state index in [1.54, 1.807) is 50.2 Å². The molecule has 0 aliphatic rings. The zero-order valence-corrected chi connectivity index (χ0v) is 18.2. The van der Waals surface area contributed by atoms with Gasteiger partial charge in [0, 0.05) is 17.8 Å². The van der Waals surface area contributed by atoms with E-state index in [0.29, 0.717) is 22.7 Å². The first-order chi connectivity index (χ1) is 15.9. The average Bonchev–Trinajstić information content (AvgIpc) is 2.78. The standard InChI is InChI=1S/C25H23FN4O3/c1-17(2)30-24(31)28-23(29(25(30)32)16-18-11-13-19(26)14-12-18)27-20-7-6-10-22(15-20)33-21-8-4-3-5-9-21/h3-15,17H,16H2,1-2H3,(H,27,28,31). The van der Waals surface area contributed by atoms with Crippen LogP contribution in [-0.4, -0.2) is 14.1 Å². The third-order valence-corrected chi connectivity index (χ3v) is 4.94. The van der Waals surface area contributed by atoms with E-state index in [-0.39, 0.29) is 24.4 Å². The summed E-state index contributed by atoms with van der Waals surface area (Å²) in [6.45, 7) is 3.59. The smallest absolute Gasteiger partial charge is 0.355 e. The van der Waals surface area contributed by atoms with E-state index in [4.69, 9.17) is 4.74 Å². The Labute approximate surface area is 189 Å². The molecule has 0 aliphatic heterocycles. The van der Waals surface area contributed by atoms with Crippen molar-refractivity contribution in [3.63, 3.8) is 0 Å². The lowest BCUT2D eigenvalue weighted by molar-refractivity contribution is 0.483. The normalized spacial score (nSPS) is 10.9. The van der Waals surface area contributed by atoms with Crippen LogP contribution in [-0.2, 0) is 6.54 Å². The Balaban J connectivity index is 1.71. The molecule has 0 saturated heterocycles. The van der Waals surface area contributed by atoms with Crippen LogP contribution in [0.15, 0.2) is 88.5 Å². The lowest BCUT2D eigenvalue weighted by atomic mass is 10.2. The van der Waals surface area contributed by atoms with Gasteiger partial charge in [0.15, 0.2) is 0 Å². The molecular formula is C25H23FN4O3. The highest BCUT2D eigenvalue weighted by molar-refractivity contribution is 5.56. The summed E-state index contributed by atoms with van der Waals surface area (Å²) in [6, 6.07) is 21.9. The lowest BCUT2D eigenvalue weighted by Gasteiger charge is -2.17. The topological polar surface area (TPSA) is 78.2 Å². The predicted molar refractivity (Wildman–Crippen MR) is 125 cm³/mol. The van der Waals surface area contributed by atoms with Crippen molar-refractivity contribution < 1.29 is 9.13 Å². The van der Waals surface area contributed by atoms with Crippen LogP contribution in [0.4, 0.5) is 16.0 Å². The monoisotopic (exact) mass is 446 g/mol. The molecule has 0 bridgehead atoms. The van der Waals surface area contributed by atoms with Gasteiger partial charge in [-0.2, -0.15) is 4.98 Å². The Morgan fingerprint density at radius 1 is 0.939 bits per heavy atom. The fourth-order valence-electron chi connectivity index (χ4n) is 3.35. The fraction of sp³-hybridized carbons (Fsp3) is 0.160. The molecule has 0 spiro atoms. The summed E-state index contributed by atoms with van der Waals surface area (Å²) in [4.78, 5) is 29.9. The average molecular weight is 446 g/mol. The number of anilines is 2. The highest BCUT2D eigenvalue weighted by Crippen LogP contribution is 2.25. The summed E-state index contributed by atoms with van der Waals surface area (Å²) in [5.41, 5.74) is 0.126. The van der Waals surface area contributed by atoms with E-state index >= 15 is 0 Å². The largest absolute Gasteiger partial charge is 0.457 e. The molecule has 0 radical (unpaired) electrons. The molecule has 0 atom stereocenters. The van der Waals surface area contributed by atoms with Gasteiger partial charge in [-0.05, 0) is 55.8 Å². The first-order valence-electron chi connectivity index (χ1n) is 10.5. The zero-order valence-electron chi connectivity index (χ0n) is 18.2. The highest BCUT2D eigenvalue weighted by atomic mass is 19.1. The van der Waals surface area contributed by atoms with E-state index in [9.17, 15) is 14.0 Å². The summed E-state index contributed by atoms with van der Waals surface area (Å²) in [5, 5.41) is 3.06. The van der Waals surface area contributed by atoms with Crippen molar-refractivity contribution in [2.24, 2.45) is 0 Å². The summed E-state index contributed by atoms with van der Waals surface area (Å²) in [6.07, 6.45) is 0. The van der Waals surface area contributed by atoms with Crippen LogP contribution in [0.3, 0.4) is 0 Å². The van der Waals surface area contributed by atoms with Crippen LogP contribution in [0.25, 0.3) is 0 Å². The van der Waals surface area contributed by atoms with Crippen molar-refractivity contribution in [3.05, 3.63) is 111 Å². The molecular weight excluding hydrogens is 423 g/mol. The number of benzene rings is 3. The Hall–Kier alpha value is -4.20. The second kappa shape index (κ2) is 9.52. The van der Waals surface area contributed by atoms with E-state index in [1.165, 1.54) is 16.7 Å². The molecule has 4 rings (SSSR count). The SMILES string of the molecule is CC(C)n1c(=O)nc(Nc2cccc(Oc3ccccc3)c2)n(Cc2ccc(F)cc2)c1=O. The molecule has 168 valence electrons. The van der Waals surface area contributed by atoms with Gasteiger partial charge in [0.05, 0.1) is 6.54 Å². The summed E-state index contributed by atoms with van der Waals surface area (Å²) >= 11 is 0. The number of rotatable bonds is 7. The van der Waals surface area contributed by atoms with Crippen LogP contribution in [0.5, 0.6) is 11.5 Å². The van der Waals surface area contributed by atoms with Crippen molar-refractivity contribution in [1.29, 1.82) is 0 Å². The third-order valence-electron chi connectivity index (χ3n) is 4.94. The van der Waals surface area contributed by atoms with Crippen molar-refractivity contribution in [2.45, 2.75) is 26.4 Å². The van der Waals surface area contributed by atoms with Gasteiger partial charge in [-0.25, -0.2) is 18.5 Å². The van der Waals surface area contributed by atoms with Crippen LogP contribution in [0.1, 0.15) is 25.5 Å². The quantitative estimate of drug-likeness (QED) is 0.445. The van der Waals surface area contributed by atoms with Crippen molar-refractivity contribution in [2.75, 3.05) is 5.32 Å². The third kappa shape index (κ3) is 5.17. The van der Waals surface area contributed by atoms with Gasteiger partial charge >= 0.3 is 11.4 Å². The Kier molecular flexibility index (Phi) is 6.35. The summed E-state index contributed by atoms with van der Waals surface area (Å²) < 4.78 is 21.6. The molecule has 7 nitrogen and oxygen atoms in total. The molecule has 1 aromatic heterocycles. The van der Waals surface area contributed by atoms with Gasteiger partial charge in [-0.15, -0.1) is 0 Å². The second-order valence-corrected chi connectivity index (χ2v) is 7.74. The highest BCUT2D eigenvalue weighted by Gasteiger charge is 2.16. The number of hydrogen-bond acceptors (Lipinski definition) is 5. The number of ether oxygens (including phenoxy) is 1. The molecule has 4 aromatic rings. The van der Waals surface area contributed by atoms with Gasteiger partial charge in [-0.1, -0.05) is 36.4 Å². The fourth-order valence-corrected chi connectivity index (χ4v) is 3.35. The van der Waals surface area contributed by atoms with Crippen molar-refractivity contribution in [1.82, 2.24) is 14.1 Å². The second-order valence-electron chi connectivity index (χ2n) is 7.74. The minimum Gasteiger partial charge on any atom is -0.457 e. The van der Waals surface area contributed by atoms with Crippen molar-refractivity contribution >= 4 is 11.6 Å². The molecule has 8 heteroatoms. The molecule has 0 amide bonds. The summed E-state index contributed by atoms with van der Waals surface area (Å²) in [7, 11) is 0. The number of para-hydroxylation sites is 1. The molecule has 1 N–H and O–H groups in total. The van der Waals surface area contributed by atoms with Gasteiger partial charge < -0.3 is 10.1 Å². The van der Waals surface area contributed by atoms with E-state index < -0.39 is 11.4 Å². The molecule has 33 heavy (non-hydrogen) atoms. The maximum absolute atomic E-state index is 13.3. The van der Waals surface area contributed by atoms with Crippen LogP contribution in [0, 0.1) is 5.82 Å². The van der Waals surface area contributed by atoms with Gasteiger partial charge in [-0.3, -0.25) is 4.57 Å². The maximum atomic E-state index is 13.3. The minimum atomic E-state index is -0.649. The van der Waals surface area contributed by atoms with Crippen molar-refractivity contribution in [3.8, 4) is 11.5 Å². The number of nitrogens with one attached hydrogen (secondary N) is 1. The van der Waals surface area contributed by atoms with E-state index in [0.717, 1.165) is 4.57 Å². The molecule has 3 aromatic carbocycles. The minimum absolute atomic E-state index is 0.0862. The van der Waals surface area contributed by atoms with Crippen LogP contribution in [0.2, 0.25) is 0 Å². The van der Waals surface area contributed by atoms with Gasteiger partial charge in [0.25, 0.3) is 0 Å². The molecule has 0 fully saturated rings. The van der Waals surface area contributed by atoms with E-state index in [1.807, 2.05) is 30.3 Å². The first-order valence-corrected chi connectivity index (χ1v) is 10.5. The maximum Gasteiger partial charge on any atom is 0.355 e. The van der Waals surface area contributed by atoms with E-state index in [2.05, 4.69) is 10.3 Å². The Morgan fingerprint density at radius 2 is 1.64 bits per heavy atom. The molecule has 1 heterocycles. The lowest BCUT2D eigenvalue weighted by Crippen LogP contribution is -2.43. The summed E-state index contributed by atoms with van der Waals surface area (Å²) in [5.74, 6) is 0.975. The van der Waals surface area contributed by atoms with Gasteiger partial charge in [0.1, 0.15) is 17.3 Å². The number of nitrogens with zero attached hydrogens (tertiary/aromatic N) is 3. The predicted octanol–water partition coefficient (Wildman–Crippen LogP) is 4.71. The molecule has 0 unspecified atom stereocenters. The molecule has 0 aliphatic carbocycles. The molecule has 0 saturated carbocycles. The zero-order chi connectivity index (χ0) is 23.4. The number of aromatic nitrogens is 3.